The second-order valence-corrected chi connectivity index (χ2v) is 7.09. The lowest BCUT2D eigenvalue weighted by molar-refractivity contribution is -0.149. The van der Waals surface area contributed by atoms with Crippen molar-refractivity contribution in [2.45, 2.75) is 38.6 Å². The van der Waals surface area contributed by atoms with Crippen LogP contribution in [0.1, 0.15) is 37.3 Å². The van der Waals surface area contributed by atoms with E-state index in [1.54, 1.807) is 0 Å². The number of carbonyl (C=O) groups excluding carboxylic acids is 2. The van der Waals surface area contributed by atoms with Crippen molar-refractivity contribution < 1.29 is 19.5 Å². The number of hydrogen-bond donors (Lipinski definition) is 2. The topological polar surface area (TPSA) is 86.7 Å². The zero-order chi connectivity index (χ0) is 21.2. The van der Waals surface area contributed by atoms with Crippen molar-refractivity contribution >= 4 is 17.8 Å². The van der Waals surface area contributed by atoms with Gasteiger partial charge < -0.3 is 15.3 Å². The third-order valence-corrected chi connectivity index (χ3v) is 4.89. The molecule has 2 rings (SSSR count). The average Bonchev–Trinajstić information content (AvgIpc) is 2.71. The standard InChI is InChI=1S/C23H28N2O4/c1-17(23(28)29)25(14-13-24-18(2)26)22(27)16-21(20-11-7-4-8-12-20)15-19-9-5-3-6-10-19/h3-12,17,21H,13-16H2,1-2H3,(H,24,26)(H,28,29). The number of aliphatic carboxylic acids is 1. The SMILES string of the molecule is CC(=O)NCCN(C(=O)CC(Cc1ccccc1)c1ccccc1)C(C)C(=O)O. The van der Waals surface area contributed by atoms with Crippen molar-refractivity contribution in [1.29, 1.82) is 0 Å². The Morgan fingerprint density at radius 2 is 1.59 bits per heavy atom. The zero-order valence-electron chi connectivity index (χ0n) is 16.9. The molecule has 2 N–H and O–H groups in total. The third kappa shape index (κ3) is 7.07. The highest BCUT2D eigenvalue weighted by molar-refractivity contribution is 5.84. The monoisotopic (exact) mass is 396 g/mol. The quantitative estimate of drug-likeness (QED) is 0.647. The largest absolute Gasteiger partial charge is 0.480 e. The molecule has 0 saturated heterocycles. The van der Waals surface area contributed by atoms with Gasteiger partial charge in [0.05, 0.1) is 0 Å². The van der Waals surface area contributed by atoms with Gasteiger partial charge in [0.1, 0.15) is 6.04 Å². The minimum atomic E-state index is -1.07. The highest BCUT2D eigenvalue weighted by atomic mass is 16.4. The fourth-order valence-electron chi connectivity index (χ4n) is 3.28. The number of nitrogens with one attached hydrogen (secondary N) is 1. The summed E-state index contributed by atoms with van der Waals surface area (Å²) >= 11 is 0. The molecule has 6 heteroatoms. The summed E-state index contributed by atoms with van der Waals surface area (Å²) in [6, 6.07) is 18.7. The molecule has 0 aliphatic rings. The van der Waals surface area contributed by atoms with Crippen molar-refractivity contribution in [1.82, 2.24) is 10.2 Å². The van der Waals surface area contributed by atoms with Crippen LogP contribution in [0.3, 0.4) is 0 Å². The van der Waals surface area contributed by atoms with E-state index < -0.39 is 12.0 Å². The van der Waals surface area contributed by atoms with E-state index in [9.17, 15) is 19.5 Å². The van der Waals surface area contributed by atoms with Crippen molar-refractivity contribution in [3.63, 3.8) is 0 Å². The minimum Gasteiger partial charge on any atom is -0.480 e. The molecule has 154 valence electrons. The van der Waals surface area contributed by atoms with Gasteiger partial charge in [-0.3, -0.25) is 9.59 Å². The molecule has 0 aromatic heterocycles. The first-order chi connectivity index (χ1) is 13.9. The molecular weight excluding hydrogens is 368 g/mol. The number of amides is 2. The number of rotatable bonds is 10. The molecule has 0 heterocycles. The Labute approximate surface area is 171 Å². The number of nitrogens with zero attached hydrogens (tertiary/aromatic N) is 1. The number of carbonyl (C=O) groups is 3. The molecule has 2 amide bonds. The predicted molar refractivity (Wildman–Crippen MR) is 111 cm³/mol. The average molecular weight is 396 g/mol. The molecule has 0 radical (unpaired) electrons. The maximum atomic E-state index is 13.1. The Bertz CT molecular complexity index is 808. The van der Waals surface area contributed by atoms with Gasteiger partial charge in [-0.15, -0.1) is 0 Å². The van der Waals surface area contributed by atoms with Crippen molar-refractivity contribution in [2.24, 2.45) is 0 Å². The Hall–Kier alpha value is -3.15. The smallest absolute Gasteiger partial charge is 0.326 e. The van der Waals surface area contributed by atoms with E-state index in [0.29, 0.717) is 6.42 Å². The van der Waals surface area contributed by atoms with Crippen LogP contribution in [0, 0.1) is 0 Å². The van der Waals surface area contributed by atoms with E-state index in [2.05, 4.69) is 5.32 Å². The zero-order valence-corrected chi connectivity index (χ0v) is 16.9. The molecule has 0 saturated carbocycles. The Kier molecular flexibility index (Phi) is 8.40. The van der Waals surface area contributed by atoms with Crippen LogP contribution in [0.15, 0.2) is 60.7 Å². The van der Waals surface area contributed by atoms with Gasteiger partial charge in [0.2, 0.25) is 11.8 Å². The summed E-state index contributed by atoms with van der Waals surface area (Å²) in [6.07, 6.45) is 0.869. The van der Waals surface area contributed by atoms with Crippen molar-refractivity contribution in [2.75, 3.05) is 13.1 Å². The minimum absolute atomic E-state index is 0.0737. The van der Waals surface area contributed by atoms with Gasteiger partial charge in [-0.1, -0.05) is 60.7 Å². The van der Waals surface area contributed by atoms with E-state index in [-0.39, 0.29) is 37.2 Å². The summed E-state index contributed by atoms with van der Waals surface area (Å²) in [5.41, 5.74) is 2.15. The van der Waals surface area contributed by atoms with E-state index in [1.807, 2.05) is 60.7 Å². The van der Waals surface area contributed by atoms with Crippen molar-refractivity contribution in [3.05, 3.63) is 71.8 Å². The highest BCUT2D eigenvalue weighted by Crippen LogP contribution is 2.25. The first-order valence-corrected chi connectivity index (χ1v) is 9.74. The second kappa shape index (κ2) is 11.0. The van der Waals surface area contributed by atoms with Crippen LogP contribution < -0.4 is 5.32 Å². The lowest BCUT2D eigenvalue weighted by Gasteiger charge is -2.29. The summed E-state index contributed by atoms with van der Waals surface area (Å²) in [6.45, 7) is 3.24. The molecule has 2 aromatic carbocycles. The first kappa shape index (κ1) is 22.1. The van der Waals surface area contributed by atoms with E-state index in [1.165, 1.54) is 18.7 Å². The summed E-state index contributed by atoms with van der Waals surface area (Å²) in [5.74, 6) is -1.60. The molecule has 6 nitrogen and oxygen atoms in total. The van der Waals surface area contributed by atoms with Crippen LogP contribution in [-0.2, 0) is 20.8 Å². The lowest BCUT2D eigenvalue weighted by atomic mass is 9.88. The Balaban J connectivity index is 2.19. The number of hydrogen-bond acceptors (Lipinski definition) is 3. The normalized spacial score (nSPS) is 12.6. The summed E-state index contributed by atoms with van der Waals surface area (Å²) in [7, 11) is 0. The molecule has 0 bridgehead atoms. The summed E-state index contributed by atoms with van der Waals surface area (Å²) in [4.78, 5) is 37.1. The predicted octanol–water partition coefficient (Wildman–Crippen LogP) is 2.84. The fraction of sp³-hybridized carbons (Fsp3) is 0.348. The van der Waals surface area contributed by atoms with Crippen LogP contribution in [-0.4, -0.2) is 46.9 Å². The molecule has 0 spiro atoms. The van der Waals surface area contributed by atoms with Gasteiger partial charge in [0, 0.05) is 26.4 Å². The van der Waals surface area contributed by atoms with Gasteiger partial charge in [0.15, 0.2) is 0 Å². The van der Waals surface area contributed by atoms with Crippen molar-refractivity contribution in [3.8, 4) is 0 Å². The number of benzene rings is 2. The summed E-state index contributed by atoms with van der Waals surface area (Å²) in [5, 5.41) is 12.0. The highest BCUT2D eigenvalue weighted by Gasteiger charge is 2.27. The van der Waals surface area contributed by atoms with Gasteiger partial charge in [-0.25, -0.2) is 4.79 Å². The van der Waals surface area contributed by atoms with Gasteiger partial charge in [-0.05, 0) is 30.4 Å². The molecule has 2 unspecified atom stereocenters. The van der Waals surface area contributed by atoms with Crippen LogP contribution in [0.2, 0.25) is 0 Å². The number of carboxylic acids is 1. The molecule has 0 aliphatic heterocycles. The maximum Gasteiger partial charge on any atom is 0.326 e. The van der Waals surface area contributed by atoms with Gasteiger partial charge in [-0.2, -0.15) is 0 Å². The van der Waals surface area contributed by atoms with Gasteiger partial charge >= 0.3 is 5.97 Å². The van der Waals surface area contributed by atoms with E-state index in [0.717, 1.165) is 11.1 Å². The Morgan fingerprint density at radius 3 is 2.14 bits per heavy atom. The molecule has 2 atom stereocenters. The first-order valence-electron chi connectivity index (χ1n) is 9.74. The van der Waals surface area contributed by atoms with Crippen LogP contribution in [0.25, 0.3) is 0 Å². The lowest BCUT2D eigenvalue weighted by Crippen LogP contribution is -2.47. The van der Waals surface area contributed by atoms with E-state index >= 15 is 0 Å². The van der Waals surface area contributed by atoms with Crippen LogP contribution in [0.4, 0.5) is 0 Å². The van der Waals surface area contributed by atoms with Crippen LogP contribution >= 0.6 is 0 Å². The molecule has 2 aromatic rings. The Morgan fingerprint density at radius 1 is 1.00 bits per heavy atom. The fourth-order valence-corrected chi connectivity index (χ4v) is 3.28. The molecule has 0 aliphatic carbocycles. The second-order valence-electron chi connectivity index (χ2n) is 7.09. The number of carboxylic acid groups (broad SMARTS) is 1. The molecule has 0 fully saturated rings. The summed E-state index contributed by atoms with van der Waals surface area (Å²) < 4.78 is 0. The van der Waals surface area contributed by atoms with Crippen LogP contribution in [0.5, 0.6) is 0 Å². The third-order valence-electron chi connectivity index (χ3n) is 4.89. The molecule has 29 heavy (non-hydrogen) atoms. The van der Waals surface area contributed by atoms with Gasteiger partial charge in [0.25, 0.3) is 0 Å². The maximum absolute atomic E-state index is 13.1. The molecular formula is C23H28N2O4. The van der Waals surface area contributed by atoms with E-state index in [4.69, 9.17) is 0 Å².